The standard InChI is InChI=1S/C26H16N2O4/c29-23-20-13-5-7-16-8-6-14-21(22(16)20)26(23,30)25-28-27-24(32-25)17-9-4-12-19(15-17)31-18-10-2-1-3-11-18/h1-15,30H. The van der Waals surface area contributed by atoms with Crippen molar-refractivity contribution in [3.63, 3.8) is 0 Å². The van der Waals surface area contributed by atoms with Gasteiger partial charge in [-0.2, -0.15) is 0 Å². The van der Waals surface area contributed by atoms with Crippen LogP contribution in [0.15, 0.2) is 95.4 Å². The van der Waals surface area contributed by atoms with E-state index in [2.05, 4.69) is 10.2 Å². The molecule has 154 valence electrons. The lowest BCUT2D eigenvalue weighted by molar-refractivity contribution is 0.0405. The summed E-state index contributed by atoms with van der Waals surface area (Å²) >= 11 is 0. The van der Waals surface area contributed by atoms with Crippen molar-refractivity contribution in [3.05, 3.63) is 108 Å². The number of rotatable bonds is 4. The summed E-state index contributed by atoms with van der Waals surface area (Å²) in [5.41, 5.74) is -0.514. The van der Waals surface area contributed by atoms with Crippen LogP contribution in [0.1, 0.15) is 21.8 Å². The summed E-state index contributed by atoms with van der Waals surface area (Å²) in [6.07, 6.45) is 0. The Hall–Kier alpha value is -4.29. The van der Waals surface area contributed by atoms with Crippen LogP contribution in [0.25, 0.3) is 22.2 Å². The largest absolute Gasteiger partial charge is 0.457 e. The molecule has 0 radical (unpaired) electrons. The summed E-state index contributed by atoms with van der Waals surface area (Å²) < 4.78 is 11.7. The highest BCUT2D eigenvalue weighted by Gasteiger charge is 2.51. The molecule has 0 aliphatic heterocycles. The molecular weight excluding hydrogens is 404 g/mol. The fraction of sp³-hybridized carbons (Fsp3) is 0.0385. The number of ether oxygens (including phenoxy) is 1. The van der Waals surface area contributed by atoms with Crippen molar-refractivity contribution in [1.82, 2.24) is 10.2 Å². The van der Waals surface area contributed by atoms with Gasteiger partial charge in [0, 0.05) is 16.7 Å². The van der Waals surface area contributed by atoms with Gasteiger partial charge >= 0.3 is 0 Å². The molecule has 1 atom stereocenters. The van der Waals surface area contributed by atoms with Gasteiger partial charge in [-0.05, 0) is 41.1 Å². The van der Waals surface area contributed by atoms with Gasteiger partial charge in [-0.25, -0.2) is 0 Å². The van der Waals surface area contributed by atoms with Crippen LogP contribution >= 0.6 is 0 Å². The second-order valence-electron chi connectivity index (χ2n) is 7.60. The van der Waals surface area contributed by atoms with E-state index >= 15 is 0 Å². The fourth-order valence-electron chi connectivity index (χ4n) is 4.16. The molecule has 0 amide bonds. The van der Waals surface area contributed by atoms with Crippen molar-refractivity contribution < 1.29 is 19.1 Å². The van der Waals surface area contributed by atoms with Crippen LogP contribution in [0.5, 0.6) is 11.5 Å². The quantitative estimate of drug-likeness (QED) is 0.435. The summed E-state index contributed by atoms with van der Waals surface area (Å²) in [6, 6.07) is 27.4. The third-order valence-corrected chi connectivity index (χ3v) is 5.66. The summed E-state index contributed by atoms with van der Waals surface area (Å²) in [7, 11) is 0. The summed E-state index contributed by atoms with van der Waals surface area (Å²) in [5.74, 6) is 0.855. The fourth-order valence-corrected chi connectivity index (χ4v) is 4.16. The van der Waals surface area contributed by atoms with Gasteiger partial charge in [0.25, 0.3) is 5.89 Å². The number of aliphatic hydroxyl groups is 1. The van der Waals surface area contributed by atoms with Crippen molar-refractivity contribution in [2.75, 3.05) is 0 Å². The highest BCUT2D eigenvalue weighted by molar-refractivity contribution is 6.20. The summed E-state index contributed by atoms with van der Waals surface area (Å²) in [4.78, 5) is 13.2. The number of aromatic nitrogens is 2. The van der Waals surface area contributed by atoms with Crippen LogP contribution < -0.4 is 4.74 Å². The van der Waals surface area contributed by atoms with E-state index < -0.39 is 11.4 Å². The molecule has 0 saturated carbocycles. The predicted octanol–water partition coefficient (Wildman–Crippen LogP) is 5.11. The molecule has 6 nitrogen and oxygen atoms in total. The Kier molecular flexibility index (Phi) is 3.96. The lowest BCUT2D eigenvalue weighted by Crippen LogP contribution is -2.33. The second-order valence-corrected chi connectivity index (χ2v) is 7.60. The minimum absolute atomic E-state index is 0.157. The molecule has 1 N–H and O–H groups in total. The maximum atomic E-state index is 13.2. The van der Waals surface area contributed by atoms with E-state index in [9.17, 15) is 9.90 Å². The highest BCUT2D eigenvalue weighted by Crippen LogP contribution is 2.44. The van der Waals surface area contributed by atoms with E-state index in [4.69, 9.17) is 9.15 Å². The molecule has 0 saturated heterocycles. The second kappa shape index (κ2) is 6.87. The Morgan fingerprint density at radius 3 is 2.41 bits per heavy atom. The molecule has 1 aromatic heterocycles. The van der Waals surface area contributed by atoms with E-state index in [1.165, 1.54) is 0 Å². The monoisotopic (exact) mass is 420 g/mol. The Morgan fingerprint density at radius 1 is 0.812 bits per heavy atom. The summed E-state index contributed by atoms with van der Waals surface area (Å²) in [5, 5.41) is 21.2. The van der Waals surface area contributed by atoms with Crippen LogP contribution in [0.4, 0.5) is 0 Å². The van der Waals surface area contributed by atoms with Crippen LogP contribution in [0, 0.1) is 0 Å². The summed E-state index contributed by atoms with van der Waals surface area (Å²) in [6.45, 7) is 0. The Bertz CT molecular complexity index is 1490. The van der Waals surface area contributed by atoms with Crippen LogP contribution in [0.2, 0.25) is 0 Å². The molecular formula is C26H16N2O4. The molecule has 6 heteroatoms. The van der Waals surface area contributed by atoms with Crippen molar-refractivity contribution >= 4 is 16.6 Å². The molecule has 1 heterocycles. The average Bonchev–Trinajstić information content (AvgIpc) is 3.41. The maximum Gasteiger partial charge on any atom is 0.261 e. The third-order valence-electron chi connectivity index (χ3n) is 5.66. The van der Waals surface area contributed by atoms with E-state index in [1.54, 1.807) is 36.4 Å². The first kappa shape index (κ1) is 18.5. The lowest BCUT2D eigenvalue weighted by atomic mass is 9.94. The molecule has 6 rings (SSSR count). The van der Waals surface area contributed by atoms with E-state index in [1.807, 2.05) is 54.6 Å². The zero-order chi connectivity index (χ0) is 21.7. The first-order chi connectivity index (χ1) is 15.6. The van der Waals surface area contributed by atoms with E-state index in [0.29, 0.717) is 33.6 Å². The Labute approximate surface area is 182 Å². The van der Waals surface area contributed by atoms with Gasteiger partial charge in [0.15, 0.2) is 0 Å². The number of ketones is 1. The third kappa shape index (κ3) is 2.67. The van der Waals surface area contributed by atoms with Crippen molar-refractivity contribution in [2.45, 2.75) is 5.60 Å². The number of Topliss-reactive ketones (excluding diaryl/α,β-unsaturated/α-hetero) is 1. The first-order valence-corrected chi connectivity index (χ1v) is 10.1. The number of benzene rings is 4. The van der Waals surface area contributed by atoms with Gasteiger partial charge in [-0.15, -0.1) is 10.2 Å². The zero-order valence-corrected chi connectivity index (χ0v) is 16.7. The number of hydrogen-bond donors (Lipinski definition) is 1. The molecule has 0 spiro atoms. The van der Waals surface area contributed by atoms with E-state index in [0.717, 1.165) is 5.39 Å². The Morgan fingerprint density at radius 2 is 1.56 bits per heavy atom. The number of hydrogen-bond acceptors (Lipinski definition) is 6. The Balaban J connectivity index is 1.39. The van der Waals surface area contributed by atoms with Crippen molar-refractivity contribution in [1.29, 1.82) is 0 Å². The van der Waals surface area contributed by atoms with E-state index in [-0.39, 0.29) is 11.8 Å². The topological polar surface area (TPSA) is 85.5 Å². The normalized spacial score (nSPS) is 17.1. The smallest absolute Gasteiger partial charge is 0.261 e. The van der Waals surface area contributed by atoms with Gasteiger partial charge in [-0.3, -0.25) is 4.79 Å². The molecule has 4 aromatic carbocycles. The van der Waals surface area contributed by atoms with Gasteiger partial charge in [-0.1, -0.05) is 60.7 Å². The van der Waals surface area contributed by atoms with Gasteiger partial charge < -0.3 is 14.3 Å². The number of para-hydroxylation sites is 1. The van der Waals surface area contributed by atoms with Crippen LogP contribution in [-0.2, 0) is 5.60 Å². The molecule has 1 aliphatic carbocycles. The molecule has 32 heavy (non-hydrogen) atoms. The average molecular weight is 420 g/mol. The highest BCUT2D eigenvalue weighted by atomic mass is 16.5. The SMILES string of the molecule is O=C1c2cccc3cccc(c23)C1(O)c1nnc(-c2cccc(Oc3ccccc3)c2)o1. The number of nitrogens with zero attached hydrogens (tertiary/aromatic N) is 2. The molecule has 1 aliphatic rings. The number of carbonyl (C=O) groups is 1. The van der Waals surface area contributed by atoms with Crippen molar-refractivity contribution in [3.8, 4) is 23.0 Å². The van der Waals surface area contributed by atoms with Gasteiger partial charge in [0.05, 0.1) is 0 Å². The zero-order valence-electron chi connectivity index (χ0n) is 16.7. The molecule has 5 aromatic rings. The minimum Gasteiger partial charge on any atom is -0.457 e. The van der Waals surface area contributed by atoms with Gasteiger partial charge in [0.1, 0.15) is 11.5 Å². The molecule has 0 fully saturated rings. The number of carbonyl (C=O) groups excluding carboxylic acids is 1. The first-order valence-electron chi connectivity index (χ1n) is 10.1. The van der Waals surface area contributed by atoms with Crippen molar-refractivity contribution in [2.24, 2.45) is 0 Å². The van der Waals surface area contributed by atoms with Crippen LogP contribution in [-0.4, -0.2) is 21.1 Å². The minimum atomic E-state index is -2.02. The molecule has 1 unspecified atom stereocenters. The van der Waals surface area contributed by atoms with Gasteiger partial charge in [0.2, 0.25) is 17.3 Å². The molecule has 0 bridgehead atoms. The predicted molar refractivity (Wildman–Crippen MR) is 118 cm³/mol. The maximum absolute atomic E-state index is 13.2. The van der Waals surface area contributed by atoms with Crippen LogP contribution in [0.3, 0.4) is 0 Å². The lowest BCUT2D eigenvalue weighted by Gasteiger charge is -2.17.